The third kappa shape index (κ3) is 3.90. The van der Waals surface area contributed by atoms with Crippen molar-refractivity contribution in [2.45, 2.75) is 63.2 Å². The fraction of sp³-hybridized carbons (Fsp3) is 0.619. The first-order valence-electron chi connectivity index (χ1n) is 10.2. The van der Waals surface area contributed by atoms with Crippen LogP contribution in [0.25, 0.3) is 0 Å². The second-order valence-electron chi connectivity index (χ2n) is 8.00. The summed E-state index contributed by atoms with van der Waals surface area (Å²) in [5.74, 6) is -2.17. The molecule has 0 radical (unpaired) electrons. The molecular weight excluding hydrogens is 366 g/mol. The van der Waals surface area contributed by atoms with Crippen molar-refractivity contribution < 1.29 is 23.1 Å². The normalized spacial score (nSPS) is 24.4. The number of likely N-dealkylation sites (tertiary alicyclic amines) is 2. The Labute approximate surface area is 163 Å². The van der Waals surface area contributed by atoms with Gasteiger partial charge in [-0.25, -0.2) is 8.78 Å². The molecule has 1 aromatic carbocycles. The van der Waals surface area contributed by atoms with Crippen LogP contribution in [0.1, 0.15) is 55.3 Å². The Kier molecular flexibility index (Phi) is 5.62. The maximum atomic E-state index is 13.4. The maximum Gasteiger partial charge on any atom is 0.253 e. The molecule has 5 nitrogen and oxygen atoms in total. The molecule has 0 aromatic heterocycles. The van der Waals surface area contributed by atoms with Gasteiger partial charge < -0.3 is 14.5 Å². The van der Waals surface area contributed by atoms with Crippen LogP contribution in [0.3, 0.4) is 0 Å². The van der Waals surface area contributed by atoms with Crippen molar-refractivity contribution in [2.75, 3.05) is 19.6 Å². The first-order chi connectivity index (χ1) is 13.5. The third-order valence-electron chi connectivity index (χ3n) is 6.21. The van der Waals surface area contributed by atoms with Crippen LogP contribution in [0.4, 0.5) is 8.78 Å². The van der Waals surface area contributed by atoms with E-state index < -0.39 is 11.6 Å². The van der Waals surface area contributed by atoms with E-state index in [0.29, 0.717) is 32.0 Å². The summed E-state index contributed by atoms with van der Waals surface area (Å²) in [4.78, 5) is 28.8. The van der Waals surface area contributed by atoms with Gasteiger partial charge in [-0.1, -0.05) is 12.8 Å². The van der Waals surface area contributed by atoms with Gasteiger partial charge in [0.2, 0.25) is 0 Å². The van der Waals surface area contributed by atoms with E-state index in [1.165, 1.54) is 18.9 Å². The van der Waals surface area contributed by atoms with Gasteiger partial charge in [0, 0.05) is 37.7 Å². The number of hydrogen-bond donors (Lipinski definition) is 0. The van der Waals surface area contributed by atoms with Gasteiger partial charge in [0.05, 0.1) is 6.10 Å². The molecule has 152 valence electrons. The number of carbonyl (C=O) groups excluding carboxylic acids is 2. The quantitative estimate of drug-likeness (QED) is 0.791. The third-order valence-corrected chi connectivity index (χ3v) is 6.21. The molecule has 0 spiro atoms. The molecule has 28 heavy (non-hydrogen) atoms. The van der Waals surface area contributed by atoms with Crippen LogP contribution in [0.5, 0.6) is 0 Å². The molecule has 2 heterocycles. The molecule has 3 aliphatic rings. The summed E-state index contributed by atoms with van der Waals surface area (Å²) in [5.41, 5.74) is 0.149. The summed E-state index contributed by atoms with van der Waals surface area (Å²) < 4.78 is 32.5. The number of piperidine rings is 1. The number of halogens is 2. The zero-order valence-corrected chi connectivity index (χ0v) is 15.9. The number of rotatable bonds is 4. The minimum atomic E-state index is -1.02. The van der Waals surface area contributed by atoms with Crippen LogP contribution >= 0.6 is 0 Å². The minimum absolute atomic E-state index is 0.0496. The first kappa shape index (κ1) is 19.3. The monoisotopic (exact) mass is 392 g/mol. The maximum absolute atomic E-state index is 13.4. The SMILES string of the molecule is O=C(c1ccc(F)c(F)c1)N1CCC(OC2CCN(C3CCCC3)C2=O)CC1. The summed E-state index contributed by atoms with van der Waals surface area (Å²) in [6, 6.07) is 3.60. The number of nitrogens with zero attached hydrogens (tertiary/aromatic N) is 2. The average Bonchev–Trinajstić information content (AvgIpc) is 3.34. The van der Waals surface area contributed by atoms with Gasteiger partial charge in [0.15, 0.2) is 11.6 Å². The van der Waals surface area contributed by atoms with Gasteiger partial charge in [-0.3, -0.25) is 9.59 Å². The average molecular weight is 392 g/mol. The summed E-state index contributed by atoms with van der Waals surface area (Å²) in [6.45, 7) is 1.74. The Morgan fingerprint density at radius 3 is 2.36 bits per heavy atom. The van der Waals surface area contributed by atoms with Crippen LogP contribution in [-0.2, 0) is 9.53 Å². The fourth-order valence-corrected chi connectivity index (χ4v) is 4.62. The van der Waals surface area contributed by atoms with E-state index in [1.807, 2.05) is 4.90 Å². The van der Waals surface area contributed by atoms with Gasteiger partial charge in [0.25, 0.3) is 11.8 Å². The summed E-state index contributed by atoms with van der Waals surface area (Å²) in [5, 5.41) is 0. The predicted octanol–water partition coefficient (Wildman–Crippen LogP) is 3.13. The van der Waals surface area contributed by atoms with E-state index in [0.717, 1.165) is 37.9 Å². The number of carbonyl (C=O) groups is 2. The van der Waals surface area contributed by atoms with Gasteiger partial charge in [0.1, 0.15) is 6.10 Å². The van der Waals surface area contributed by atoms with E-state index in [-0.39, 0.29) is 29.6 Å². The number of hydrogen-bond acceptors (Lipinski definition) is 3. The van der Waals surface area contributed by atoms with Gasteiger partial charge in [-0.15, -0.1) is 0 Å². The summed E-state index contributed by atoms with van der Waals surface area (Å²) in [6.07, 6.45) is 6.21. The van der Waals surface area contributed by atoms with Crippen LogP contribution in [0.15, 0.2) is 18.2 Å². The molecule has 1 atom stereocenters. The molecule has 4 rings (SSSR count). The van der Waals surface area contributed by atoms with Crippen LogP contribution in [0, 0.1) is 11.6 Å². The number of benzene rings is 1. The lowest BCUT2D eigenvalue weighted by Crippen LogP contribution is -2.43. The molecule has 0 bridgehead atoms. The van der Waals surface area contributed by atoms with Gasteiger partial charge in [-0.2, -0.15) is 0 Å². The van der Waals surface area contributed by atoms with Crippen molar-refractivity contribution in [1.29, 1.82) is 0 Å². The zero-order chi connectivity index (χ0) is 19.7. The highest BCUT2D eigenvalue weighted by atomic mass is 19.2. The van der Waals surface area contributed by atoms with E-state index in [2.05, 4.69) is 0 Å². The van der Waals surface area contributed by atoms with Crippen LogP contribution in [-0.4, -0.2) is 59.5 Å². The molecule has 2 saturated heterocycles. The Morgan fingerprint density at radius 1 is 0.964 bits per heavy atom. The lowest BCUT2D eigenvalue weighted by atomic mass is 10.1. The van der Waals surface area contributed by atoms with Crippen molar-refractivity contribution >= 4 is 11.8 Å². The van der Waals surface area contributed by atoms with E-state index in [4.69, 9.17) is 4.74 Å². The van der Waals surface area contributed by atoms with Crippen molar-refractivity contribution in [2.24, 2.45) is 0 Å². The van der Waals surface area contributed by atoms with Crippen molar-refractivity contribution in [3.8, 4) is 0 Å². The summed E-state index contributed by atoms with van der Waals surface area (Å²) in [7, 11) is 0. The molecule has 0 N–H and O–H groups in total. The number of ether oxygens (including phenoxy) is 1. The second-order valence-corrected chi connectivity index (χ2v) is 8.00. The molecule has 7 heteroatoms. The highest BCUT2D eigenvalue weighted by Crippen LogP contribution is 2.29. The number of amides is 2. The molecule has 1 unspecified atom stereocenters. The first-order valence-corrected chi connectivity index (χ1v) is 10.2. The van der Waals surface area contributed by atoms with E-state index in [9.17, 15) is 18.4 Å². The largest absolute Gasteiger partial charge is 0.365 e. The highest BCUT2D eigenvalue weighted by Gasteiger charge is 2.39. The molecule has 2 aliphatic heterocycles. The topological polar surface area (TPSA) is 49.9 Å². The standard InChI is InChI=1S/C21H26F2N2O3/c22-17-6-5-14(13-18(17)23)20(26)24-10-7-16(8-11-24)28-19-9-12-25(21(19)27)15-3-1-2-4-15/h5-6,13,15-16,19H,1-4,7-12H2. The Bertz CT molecular complexity index is 743. The van der Waals surface area contributed by atoms with E-state index in [1.54, 1.807) is 4.90 Å². The van der Waals surface area contributed by atoms with E-state index >= 15 is 0 Å². The molecule has 1 aromatic rings. The predicted molar refractivity (Wildman–Crippen MR) is 98.7 cm³/mol. The molecular formula is C21H26F2N2O3. The Morgan fingerprint density at radius 2 is 1.68 bits per heavy atom. The lowest BCUT2D eigenvalue weighted by molar-refractivity contribution is -0.143. The molecule has 2 amide bonds. The fourth-order valence-electron chi connectivity index (χ4n) is 4.62. The smallest absolute Gasteiger partial charge is 0.253 e. The zero-order valence-electron chi connectivity index (χ0n) is 15.9. The van der Waals surface area contributed by atoms with Crippen molar-refractivity contribution in [3.05, 3.63) is 35.4 Å². The highest BCUT2D eigenvalue weighted by molar-refractivity contribution is 5.94. The Balaban J connectivity index is 1.28. The summed E-state index contributed by atoms with van der Waals surface area (Å²) >= 11 is 0. The minimum Gasteiger partial charge on any atom is -0.365 e. The van der Waals surface area contributed by atoms with Gasteiger partial charge >= 0.3 is 0 Å². The second kappa shape index (κ2) is 8.15. The van der Waals surface area contributed by atoms with Crippen molar-refractivity contribution in [1.82, 2.24) is 9.80 Å². The molecule has 1 saturated carbocycles. The van der Waals surface area contributed by atoms with Crippen LogP contribution < -0.4 is 0 Å². The van der Waals surface area contributed by atoms with Crippen molar-refractivity contribution in [3.63, 3.8) is 0 Å². The van der Waals surface area contributed by atoms with Crippen LogP contribution in [0.2, 0.25) is 0 Å². The molecule has 1 aliphatic carbocycles. The molecule has 3 fully saturated rings. The lowest BCUT2D eigenvalue weighted by Gasteiger charge is -2.33. The van der Waals surface area contributed by atoms with Gasteiger partial charge in [-0.05, 0) is 43.9 Å². The Hall–Kier alpha value is -2.02.